The minimum absolute atomic E-state index is 0.0939. The van der Waals surface area contributed by atoms with Crippen LogP contribution in [-0.2, 0) is 32.0 Å². The van der Waals surface area contributed by atoms with E-state index in [-0.39, 0.29) is 35.4 Å². The molecule has 2 atom stereocenters. The van der Waals surface area contributed by atoms with E-state index in [0.29, 0.717) is 49.1 Å². The summed E-state index contributed by atoms with van der Waals surface area (Å²) in [6.45, 7) is 8.05. The van der Waals surface area contributed by atoms with Crippen molar-refractivity contribution in [3.05, 3.63) is 68.7 Å². The molecule has 0 fully saturated rings. The van der Waals surface area contributed by atoms with E-state index in [4.69, 9.17) is 26.8 Å². The maximum Gasteiger partial charge on any atom is 0.320 e. The summed E-state index contributed by atoms with van der Waals surface area (Å²) in [7, 11) is 0. The molecule has 4 N–H and O–H groups in total. The molecule has 0 bridgehead atoms. The van der Waals surface area contributed by atoms with E-state index in [9.17, 15) is 24.0 Å². The number of amides is 2. The Labute approximate surface area is 307 Å². The Kier molecular flexibility index (Phi) is 16.3. The lowest BCUT2D eigenvalue weighted by Gasteiger charge is -2.35. The van der Waals surface area contributed by atoms with Crippen molar-refractivity contribution in [2.24, 2.45) is 10.8 Å². The molecule has 51 heavy (non-hydrogen) atoms. The van der Waals surface area contributed by atoms with Gasteiger partial charge in [-0.1, -0.05) is 74.7 Å². The van der Waals surface area contributed by atoms with E-state index in [1.165, 1.54) is 0 Å². The van der Waals surface area contributed by atoms with Crippen LogP contribution in [0.25, 0.3) is 0 Å². The van der Waals surface area contributed by atoms with Gasteiger partial charge in [-0.3, -0.25) is 34.4 Å². The van der Waals surface area contributed by atoms with Gasteiger partial charge in [0.2, 0.25) is 11.8 Å². The van der Waals surface area contributed by atoms with Crippen molar-refractivity contribution in [2.45, 2.75) is 130 Å². The van der Waals surface area contributed by atoms with Crippen molar-refractivity contribution in [1.29, 1.82) is 0 Å². The van der Waals surface area contributed by atoms with Crippen LogP contribution < -0.4 is 11.0 Å². The van der Waals surface area contributed by atoms with E-state index < -0.39 is 11.4 Å². The van der Waals surface area contributed by atoms with E-state index in [1.54, 1.807) is 24.0 Å². The standard InChI is InChI=1S/C23H33NO5.C17H22ClNO3/c1-4-29-22(27)23(12-9-7-5-6-8-10-20(25)24-28)13-11-18-17(3)14-16(2)15-19(18)21(23)26;1-17(9-4-2-3-5-15(20)19-22)10-8-12-6-7-13(18)11-14(12)16(17)21/h14-15,28H,4-13H2,1-3H3,(H,24,25);6-7,11,22H,2-5,8-10H2,1H3,(H,19,20). The third-order valence-electron chi connectivity index (χ3n) is 10.5. The number of unbranched alkanes of at least 4 members (excludes halogenated alkanes) is 6. The van der Waals surface area contributed by atoms with E-state index in [2.05, 4.69) is 6.07 Å². The van der Waals surface area contributed by atoms with Gasteiger partial charge in [-0.25, -0.2) is 11.0 Å². The first-order chi connectivity index (χ1) is 24.3. The van der Waals surface area contributed by atoms with Gasteiger partial charge in [-0.05, 0) is 107 Å². The Bertz CT molecular complexity index is 1560. The van der Waals surface area contributed by atoms with Crippen molar-refractivity contribution in [2.75, 3.05) is 6.61 Å². The number of halogens is 1. The van der Waals surface area contributed by atoms with Gasteiger partial charge in [0.05, 0.1) is 6.61 Å². The first-order valence-electron chi connectivity index (χ1n) is 18.3. The number of fused-ring (bicyclic) bond motifs is 2. The highest BCUT2D eigenvalue weighted by Crippen LogP contribution is 2.43. The number of carbonyl (C=O) groups excluding carboxylic acids is 5. The third kappa shape index (κ3) is 11.2. The number of nitrogens with one attached hydrogen (secondary N) is 2. The second-order valence-corrected chi connectivity index (χ2v) is 14.8. The normalized spacial score (nSPS) is 19.3. The minimum atomic E-state index is -1.08. The molecule has 2 amide bonds. The molecule has 0 saturated heterocycles. The van der Waals surface area contributed by atoms with Crippen molar-refractivity contribution >= 4 is 41.0 Å². The van der Waals surface area contributed by atoms with Crippen molar-refractivity contribution in [3.8, 4) is 0 Å². The molecule has 0 aliphatic heterocycles. The Balaban J connectivity index is 0.000000286. The molecule has 0 radical (unpaired) electrons. The number of benzene rings is 2. The Morgan fingerprint density at radius 2 is 1.39 bits per heavy atom. The van der Waals surface area contributed by atoms with E-state index in [1.807, 2.05) is 39.0 Å². The number of ether oxygens (including phenoxy) is 1. The molecule has 2 aromatic rings. The smallest absolute Gasteiger partial charge is 0.320 e. The Hall–Kier alpha value is -3.60. The number of hydroxylamine groups is 2. The lowest BCUT2D eigenvalue weighted by atomic mass is 9.67. The summed E-state index contributed by atoms with van der Waals surface area (Å²) in [5, 5.41) is 17.5. The van der Waals surface area contributed by atoms with Crippen LogP contribution in [0.5, 0.6) is 0 Å². The summed E-state index contributed by atoms with van der Waals surface area (Å²) in [6, 6.07) is 9.55. The third-order valence-corrected chi connectivity index (χ3v) is 10.7. The fourth-order valence-electron chi connectivity index (χ4n) is 7.44. The van der Waals surface area contributed by atoms with Crippen LogP contribution >= 0.6 is 11.6 Å². The molecule has 2 unspecified atom stereocenters. The number of rotatable bonds is 16. The number of hydrogen-bond donors (Lipinski definition) is 4. The average Bonchev–Trinajstić information content (AvgIpc) is 3.11. The Morgan fingerprint density at radius 3 is 2.04 bits per heavy atom. The molecular formula is C40H55ClN2O8. The van der Waals surface area contributed by atoms with Gasteiger partial charge >= 0.3 is 5.97 Å². The van der Waals surface area contributed by atoms with Gasteiger partial charge in [0.1, 0.15) is 5.41 Å². The SMILES string of the molecule is CC1(CCCCCC(=O)NO)CCc2ccc(Cl)cc2C1=O.CCOC(=O)C1(CCCCCCCC(=O)NO)CCc2c(C)cc(C)cc2C1=O. The quantitative estimate of drug-likeness (QED) is 0.0444. The lowest BCUT2D eigenvalue weighted by molar-refractivity contribution is -0.153. The zero-order valence-corrected chi connectivity index (χ0v) is 31.4. The molecular weight excluding hydrogens is 672 g/mol. The number of aryl methyl sites for hydroxylation is 3. The zero-order chi connectivity index (χ0) is 37.6. The predicted molar refractivity (Wildman–Crippen MR) is 195 cm³/mol. The second kappa shape index (κ2) is 19.9. The zero-order valence-electron chi connectivity index (χ0n) is 30.6. The summed E-state index contributed by atoms with van der Waals surface area (Å²) in [4.78, 5) is 61.0. The number of carbonyl (C=O) groups is 5. The highest BCUT2D eigenvalue weighted by molar-refractivity contribution is 6.31. The van der Waals surface area contributed by atoms with E-state index in [0.717, 1.165) is 92.0 Å². The summed E-state index contributed by atoms with van der Waals surface area (Å²) < 4.78 is 5.34. The summed E-state index contributed by atoms with van der Waals surface area (Å²) in [5.41, 5.74) is 7.57. The highest BCUT2D eigenvalue weighted by Gasteiger charge is 2.49. The van der Waals surface area contributed by atoms with Crippen molar-refractivity contribution in [3.63, 3.8) is 0 Å². The van der Waals surface area contributed by atoms with Crippen LogP contribution in [0.4, 0.5) is 0 Å². The van der Waals surface area contributed by atoms with Crippen molar-refractivity contribution in [1.82, 2.24) is 11.0 Å². The van der Waals surface area contributed by atoms with Crippen LogP contribution in [0, 0.1) is 24.7 Å². The number of Topliss-reactive ketones (excluding diaryl/α,β-unsaturated/α-hetero) is 2. The van der Waals surface area contributed by atoms with Crippen LogP contribution in [0.3, 0.4) is 0 Å². The van der Waals surface area contributed by atoms with E-state index >= 15 is 0 Å². The number of esters is 1. The second-order valence-electron chi connectivity index (χ2n) is 14.3. The molecule has 2 aliphatic carbocycles. The first-order valence-corrected chi connectivity index (χ1v) is 18.7. The largest absolute Gasteiger partial charge is 0.465 e. The molecule has 11 heteroatoms. The molecule has 0 spiro atoms. The van der Waals surface area contributed by atoms with Gasteiger partial charge in [0.25, 0.3) is 0 Å². The van der Waals surface area contributed by atoms with Crippen LogP contribution in [0.15, 0.2) is 30.3 Å². The fourth-order valence-corrected chi connectivity index (χ4v) is 7.62. The Morgan fingerprint density at radius 1 is 0.784 bits per heavy atom. The monoisotopic (exact) mass is 726 g/mol. The topological polar surface area (TPSA) is 159 Å². The first kappa shape index (κ1) is 41.8. The lowest BCUT2D eigenvalue weighted by Crippen LogP contribution is -2.44. The van der Waals surface area contributed by atoms with Crippen LogP contribution in [0.2, 0.25) is 5.02 Å². The summed E-state index contributed by atoms with van der Waals surface area (Å²) in [6.07, 6.45) is 11.5. The van der Waals surface area contributed by atoms with Gasteiger partial charge < -0.3 is 4.74 Å². The van der Waals surface area contributed by atoms with Gasteiger partial charge in [-0.2, -0.15) is 0 Å². The minimum Gasteiger partial charge on any atom is -0.465 e. The maximum absolute atomic E-state index is 13.5. The summed E-state index contributed by atoms with van der Waals surface area (Å²) in [5.74, 6) is -1.03. The highest BCUT2D eigenvalue weighted by atomic mass is 35.5. The van der Waals surface area contributed by atoms with Gasteiger partial charge in [0.15, 0.2) is 11.6 Å². The van der Waals surface area contributed by atoms with Crippen LogP contribution in [0.1, 0.15) is 147 Å². The molecule has 0 aromatic heterocycles. The maximum atomic E-state index is 13.5. The summed E-state index contributed by atoms with van der Waals surface area (Å²) >= 11 is 6.01. The van der Waals surface area contributed by atoms with Crippen LogP contribution in [-0.4, -0.2) is 46.4 Å². The van der Waals surface area contributed by atoms with Gasteiger partial charge in [0, 0.05) is 34.4 Å². The molecule has 4 rings (SSSR count). The van der Waals surface area contributed by atoms with Gasteiger partial charge in [-0.15, -0.1) is 0 Å². The number of ketones is 2. The molecule has 280 valence electrons. The molecule has 0 heterocycles. The molecule has 0 saturated carbocycles. The predicted octanol–water partition coefficient (Wildman–Crippen LogP) is 8.15. The van der Waals surface area contributed by atoms with Crippen molar-refractivity contribution < 1.29 is 39.1 Å². The number of hydrogen-bond acceptors (Lipinski definition) is 8. The average molecular weight is 727 g/mol. The molecule has 2 aromatic carbocycles. The molecule has 10 nitrogen and oxygen atoms in total. The molecule has 2 aliphatic rings. The fraction of sp³-hybridized carbons (Fsp3) is 0.575.